The summed E-state index contributed by atoms with van der Waals surface area (Å²) in [6.07, 6.45) is 4.91. The third-order valence-corrected chi connectivity index (χ3v) is 4.78. The molecule has 0 heterocycles. The summed E-state index contributed by atoms with van der Waals surface area (Å²) in [5.74, 6) is 0. The highest BCUT2D eigenvalue weighted by atomic mass is 35.5. The maximum absolute atomic E-state index is 6.16. The van der Waals surface area contributed by atoms with Crippen molar-refractivity contribution in [3.05, 3.63) is 18.4 Å². The molecule has 0 aromatic heterocycles. The lowest BCUT2D eigenvalue weighted by Crippen LogP contribution is -2.19. The SMILES string of the molecule is C=C=CCC(Cl)C(Cl)CCC(Cl)C(Cl)CC. The van der Waals surface area contributed by atoms with Gasteiger partial charge in [0.25, 0.3) is 0 Å². The van der Waals surface area contributed by atoms with Crippen LogP contribution in [-0.4, -0.2) is 21.5 Å². The first kappa shape index (κ1) is 16.7. The van der Waals surface area contributed by atoms with E-state index in [0.29, 0.717) is 6.42 Å². The third-order valence-electron chi connectivity index (χ3n) is 2.38. The van der Waals surface area contributed by atoms with Gasteiger partial charge in [-0.2, -0.15) is 0 Å². The van der Waals surface area contributed by atoms with Crippen molar-refractivity contribution in [2.75, 3.05) is 0 Å². The maximum Gasteiger partial charge on any atom is 0.0540 e. The average molecular weight is 304 g/mol. The predicted octanol–water partition coefficient (Wildman–Crippen LogP) is 5.34. The van der Waals surface area contributed by atoms with Gasteiger partial charge >= 0.3 is 0 Å². The van der Waals surface area contributed by atoms with Gasteiger partial charge in [0.1, 0.15) is 0 Å². The second-order valence-corrected chi connectivity index (χ2v) is 5.94. The Morgan fingerprint density at radius 2 is 1.50 bits per heavy atom. The van der Waals surface area contributed by atoms with Gasteiger partial charge in [0.15, 0.2) is 0 Å². The van der Waals surface area contributed by atoms with Crippen LogP contribution in [0.3, 0.4) is 0 Å². The number of hydrogen-bond donors (Lipinski definition) is 0. The minimum Gasteiger partial charge on any atom is -0.133 e. The Bertz CT molecular complexity index is 223. The zero-order valence-corrected chi connectivity index (χ0v) is 12.5. The average Bonchev–Trinajstić information content (AvgIpc) is 2.31. The Labute approximate surface area is 119 Å². The molecule has 0 saturated carbocycles. The quantitative estimate of drug-likeness (QED) is 0.419. The van der Waals surface area contributed by atoms with Crippen molar-refractivity contribution in [3.63, 3.8) is 0 Å². The van der Waals surface area contributed by atoms with Gasteiger partial charge in [0.2, 0.25) is 0 Å². The summed E-state index contributed by atoms with van der Waals surface area (Å²) in [6.45, 7) is 5.50. The van der Waals surface area contributed by atoms with Crippen LogP contribution in [0.15, 0.2) is 18.4 Å². The molecule has 0 N–H and O–H groups in total. The highest BCUT2D eigenvalue weighted by Gasteiger charge is 2.20. The highest BCUT2D eigenvalue weighted by Crippen LogP contribution is 2.24. The van der Waals surface area contributed by atoms with Gasteiger partial charge in [-0.15, -0.1) is 52.1 Å². The Balaban J connectivity index is 3.87. The Hall–Kier alpha value is 0.680. The van der Waals surface area contributed by atoms with Crippen LogP contribution < -0.4 is 0 Å². The molecule has 0 aliphatic carbocycles. The fraction of sp³-hybridized carbons (Fsp3) is 0.750. The molecule has 4 atom stereocenters. The molecular weight excluding hydrogens is 286 g/mol. The molecule has 0 fully saturated rings. The normalized spacial score (nSPS) is 18.3. The predicted molar refractivity (Wildman–Crippen MR) is 76.4 cm³/mol. The minimum absolute atomic E-state index is 0.00683. The zero-order chi connectivity index (χ0) is 12.6. The van der Waals surface area contributed by atoms with Crippen LogP contribution >= 0.6 is 46.4 Å². The molecular formula is C12H18Cl4. The molecule has 0 aromatic carbocycles. The van der Waals surface area contributed by atoms with Crippen LogP contribution in [0.2, 0.25) is 0 Å². The third kappa shape index (κ3) is 7.09. The number of halogens is 4. The van der Waals surface area contributed by atoms with Gasteiger partial charge < -0.3 is 0 Å². The van der Waals surface area contributed by atoms with Crippen LogP contribution in [0.25, 0.3) is 0 Å². The topological polar surface area (TPSA) is 0 Å². The van der Waals surface area contributed by atoms with Crippen LogP contribution in [-0.2, 0) is 0 Å². The second-order valence-electron chi connectivity index (χ2n) is 3.69. The van der Waals surface area contributed by atoms with E-state index in [4.69, 9.17) is 46.4 Å². The van der Waals surface area contributed by atoms with E-state index in [1.807, 2.05) is 6.92 Å². The van der Waals surface area contributed by atoms with Crippen molar-refractivity contribution < 1.29 is 0 Å². The van der Waals surface area contributed by atoms with Crippen LogP contribution in [0.5, 0.6) is 0 Å². The molecule has 16 heavy (non-hydrogen) atoms. The lowest BCUT2D eigenvalue weighted by atomic mass is 10.1. The molecule has 0 nitrogen and oxygen atoms in total. The Morgan fingerprint density at radius 1 is 1.00 bits per heavy atom. The van der Waals surface area contributed by atoms with E-state index in [2.05, 4.69) is 12.3 Å². The van der Waals surface area contributed by atoms with Gasteiger partial charge in [0, 0.05) is 10.8 Å². The van der Waals surface area contributed by atoms with Crippen LogP contribution in [0, 0.1) is 0 Å². The summed E-state index contributed by atoms with van der Waals surface area (Å²) in [7, 11) is 0. The molecule has 0 aromatic rings. The summed E-state index contributed by atoms with van der Waals surface area (Å²) in [4.78, 5) is 0. The van der Waals surface area contributed by atoms with E-state index in [1.165, 1.54) is 0 Å². The summed E-state index contributed by atoms with van der Waals surface area (Å²) < 4.78 is 0. The Kier molecular flexibility index (Phi) is 10.1. The van der Waals surface area contributed by atoms with E-state index in [0.717, 1.165) is 19.3 Å². The molecule has 0 spiro atoms. The minimum atomic E-state index is -0.102. The fourth-order valence-corrected chi connectivity index (χ4v) is 2.15. The molecule has 0 aliphatic heterocycles. The van der Waals surface area contributed by atoms with E-state index in [1.54, 1.807) is 6.08 Å². The lowest BCUT2D eigenvalue weighted by molar-refractivity contribution is 0.611. The van der Waals surface area contributed by atoms with Crippen LogP contribution in [0.1, 0.15) is 32.6 Å². The molecule has 94 valence electrons. The molecule has 4 heteroatoms. The smallest absolute Gasteiger partial charge is 0.0540 e. The van der Waals surface area contributed by atoms with Crippen molar-refractivity contribution in [2.45, 2.75) is 54.1 Å². The summed E-state index contributed by atoms with van der Waals surface area (Å²) in [6, 6.07) is 0. The molecule has 0 bridgehead atoms. The van der Waals surface area contributed by atoms with Gasteiger partial charge in [-0.3, -0.25) is 0 Å². The first-order valence-corrected chi connectivity index (χ1v) is 7.18. The van der Waals surface area contributed by atoms with Gasteiger partial charge in [-0.25, -0.2) is 0 Å². The van der Waals surface area contributed by atoms with Crippen LogP contribution in [0.4, 0.5) is 0 Å². The van der Waals surface area contributed by atoms with Gasteiger partial charge in [0.05, 0.1) is 10.8 Å². The first-order chi connectivity index (χ1) is 7.52. The monoisotopic (exact) mass is 302 g/mol. The van der Waals surface area contributed by atoms with Gasteiger partial charge in [-0.05, 0) is 31.8 Å². The lowest BCUT2D eigenvalue weighted by Gasteiger charge is -2.18. The maximum atomic E-state index is 6.16. The highest BCUT2D eigenvalue weighted by molar-refractivity contribution is 6.31. The molecule has 0 aliphatic rings. The molecule has 0 amide bonds. The number of allylic oxidation sites excluding steroid dienone is 1. The summed E-state index contributed by atoms with van der Waals surface area (Å²) in [5.41, 5.74) is 2.68. The van der Waals surface area contributed by atoms with Crippen molar-refractivity contribution in [1.29, 1.82) is 0 Å². The second kappa shape index (κ2) is 9.68. The Morgan fingerprint density at radius 3 is 1.94 bits per heavy atom. The standard InChI is InChI=1S/C12H18Cl4/c1-3-5-6-10(14)12(16)8-7-11(15)9(13)4-2/h5,9-12H,1,4,6-8H2,2H3. The van der Waals surface area contributed by atoms with Crippen molar-refractivity contribution in [2.24, 2.45) is 0 Å². The van der Waals surface area contributed by atoms with E-state index in [-0.39, 0.29) is 21.5 Å². The molecule has 0 rings (SSSR count). The number of rotatable bonds is 8. The van der Waals surface area contributed by atoms with Crippen molar-refractivity contribution in [3.8, 4) is 0 Å². The first-order valence-electron chi connectivity index (χ1n) is 5.43. The van der Waals surface area contributed by atoms with E-state index < -0.39 is 0 Å². The zero-order valence-electron chi connectivity index (χ0n) is 9.43. The van der Waals surface area contributed by atoms with Crippen molar-refractivity contribution >= 4 is 46.4 Å². The molecule has 0 radical (unpaired) electrons. The summed E-state index contributed by atoms with van der Waals surface area (Å²) >= 11 is 24.4. The largest absolute Gasteiger partial charge is 0.133 e. The molecule has 4 unspecified atom stereocenters. The fourth-order valence-electron chi connectivity index (χ4n) is 1.28. The summed E-state index contributed by atoms with van der Waals surface area (Å²) in [5, 5.41) is -0.220. The van der Waals surface area contributed by atoms with Crippen molar-refractivity contribution in [1.82, 2.24) is 0 Å². The van der Waals surface area contributed by atoms with E-state index in [9.17, 15) is 0 Å². The van der Waals surface area contributed by atoms with Gasteiger partial charge in [-0.1, -0.05) is 13.5 Å². The molecule has 0 saturated heterocycles. The number of hydrogen-bond acceptors (Lipinski definition) is 0. The number of alkyl halides is 4. The van der Waals surface area contributed by atoms with E-state index >= 15 is 0 Å².